The molecule has 0 spiro atoms. The van der Waals surface area contributed by atoms with Gasteiger partial charge < -0.3 is 14.4 Å². The van der Waals surface area contributed by atoms with E-state index in [-0.39, 0.29) is 17.8 Å². The van der Waals surface area contributed by atoms with Gasteiger partial charge in [-0.05, 0) is 36.6 Å². The molecule has 1 aliphatic heterocycles. The van der Waals surface area contributed by atoms with Crippen molar-refractivity contribution in [2.45, 2.75) is 18.9 Å². The van der Waals surface area contributed by atoms with Crippen LogP contribution in [-0.4, -0.2) is 43.7 Å². The van der Waals surface area contributed by atoms with E-state index < -0.39 is 5.82 Å². The van der Waals surface area contributed by atoms with Gasteiger partial charge in [-0.3, -0.25) is 4.79 Å². The van der Waals surface area contributed by atoms with Crippen molar-refractivity contribution in [2.75, 3.05) is 26.8 Å². The fraction of sp³-hybridized carbons (Fsp3) is 0.350. The quantitative estimate of drug-likeness (QED) is 0.836. The maximum atomic E-state index is 13.8. The number of nitrogens with zero attached hydrogens (tertiary/aromatic N) is 1. The monoisotopic (exact) mass is 343 g/mol. The van der Waals surface area contributed by atoms with Gasteiger partial charge in [-0.25, -0.2) is 4.39 Å². The van der Waals surface area contributed by atoms with Gasteiger partial charge in [0.05, 0.1) is 19.8 Å². The predicted molar refractivity (Wildman–Crippen MR) is 93.4 cm³/mol. The number of carbonyl (C=O) groups is 1. The molecule has 2 aromatic carbocycles. The van der Waals surface area contributed by atoms with Crippen LogP contribution in [0.2, 0.25) is 0 Å². The molecule has 1 atom stereocenters. The van der Waals surface area contributed by atoms with Crippen LogP contribution >= 0.6 is 0 Å². The van der Waals surface area contributed by atoms with Crippen molar-refractivity contribution in [2.24, 2.45) is 0 Å². The number of halogens is 1. The number of rotatable bonds is 5. The third-order valence-electron chi connectivity index (χ3n) is 4.42. The number of benzene rings is 2. The van der Waals surface area contributed by atoms with Crippen molar-refractivity contribution in [3.63, 3.8) is 0 Å². The summed E-state index contributed by atoms with van der Waals surface area (Å²) in [5, 5.41) is 0. The Morgan fingerprint density at radius 3 is 2.80 bits per heavy atom. The van der Waals surface area contributed by atoms with E-state index in [2.05, 4.69) is 12.1 Å². The van der Waals surface area contributed by atoms with Crippen LogP contribution in [0.3, 0.4) is 0 Å². The van der Waals surface area contributed by atoms with Gasteiger partial charge in [0.25, 0.3) is 5.91 Å². The van der Waals surface area contributed by atoms with E-state index in [0.29, 0.717) is 25.3 Å². The van der Waals surface area contributed by atoms with E-state index in [0.717, 1.165) is 12.8 Å². The molecule has 0 N–H and O–H groups in total. The molecule has 132 valence electrons. The summed E-state index contributed by atoms with van der Waals surface area (Å²) >= 11 is 0. The largest absolute Gasteiger partial charge is 0.494 e. The number of ether oxygens (including phenoxy) is 2. The van der Waals surface area contributed by atoms with Crippen LogP contribution in [0.1, 0.15) is 22.3 Å². The highest BCUT2D eigenvalue weighted by Crippen LogP contribution is 2.20. The molecule has 5 heteroatoms. The van der Waals surface area contributed by atoms with Crippen molar-refractivity contribution in [1.82, 2.24) is 4.90 Å². The summed E-state index contributed by atoms with van der Waals surface area (Å²) in [6, 6.07) is 14.5. The summed E-state index contributed by atoms with van der Waals surface area (Å²) in [5.41, 5.74) is 1.59. The second-order valence-corrected chi connectivity index (χ2v) is 6.12. The Bertz CT molecular complexity index is 720. The first-order valence-corrected chi connectivity index (χ1v) is 8.45. The molecule has 1 saturated heterocycles. The highest BCUT2D eigenvalue weighted by Gasteiger charge is 2.25. The number of hydrogen-bond donors (Lipinski definition) is 0. The highest BCUT2D eigenvalue weighted by molar-refractivity contribution is 5.94. The summed E-state index contributed by atoms with van der Waals surface area (Å²) in [4.78, 5) is 14.4. The van der Waals surface area contributed by atoms with Crippen LogP contribution in [0.25, 0.3) is 0 Å². The van der Waals surface area contributed by atoms with Gasteiger partial charge in [-0.1, -0.05) is 30.3 Å². The van der Waals surface area contributed by atoms with Crippen LogP contribution in [0.4, 0.5) is 4.39 Å². The van der Waals surface area contributed by atoms with E-state index in [1.165, 1.54) is 24.8 Å². The molecular weight excluding hydrogens is 321 g/mol. The van der Waals surface area contributed by atoms with E-state index >= 15 is 0 Å². The van der Waals surface area contributed by atoms with Gasteiger partial charge in [-0.2, -0.15) is 0 Å². The van der Waals surface area contributed by atoms with Crippen LogP contribution in [-0.2, 0) is 11.2 Å². The van der Waals surface area contributed by atoms with E-state index in [1.807, 2.05) is 18.2 Å². The Morgan fingerprint density at radius 1 is 1.28 bits per heavy atom. The van der Waals surface area contributed by atoms with Crippen molar-refractivity contribution in [3.05, 3.63) is 65.5 Å². The lowest BCUT2D eigenvalue weighted by atomic mass is 10.1. The molecular formula is C20H22FNO3. The van der Waals surface area contributed by atoms with Gasteiger partial charge in [-0.15, -0.1) is 0 Å². The van der Waals surface area contributed by atoms with E-state index in [9.17, 15) is 9.18 Å². The highest BCUT2D eigenvalue weighted by atomic mass is 19.1. The standard InChI is InChI=1S/C20H22FNO3/c1-24-19-10-8-16(13-18(19)21)20(23)22-11-12-25-17(14-22)9-7-15-5-3-2-4-6-15/h2-6,8,10,13,17H,7,9,11-12,14H2,1H3/t17-/m1/s1. The minimum Gasteiger partial charge on any atom is -0.494 e. The zero-order chi connectivity index (χ0) is 17.6. The molecule has 1 amide bonds. The number of aryl methyl sites for hydroxylation is 1. The number of carbonyl (C=O) groups excluding carboxylic acids is 1. The average molecular weight is 343 g/mol. The van der Waals surface area contributed by atoms with Crippen LogP contribution in [0, 0.1) is 5.82 Å². The normalized spacial score (nSPS) is 17.4. The van der Waals surface area contributed by atoms with Crippen molar-refractivity contribution in [3.8, 4) is 5.75 Å². The Balaban J connectivity index is 1.60. The summed E-state index contributed by atoms with van der Waals surface area (Å²) < 4.78 is 24.5. The molecule has 0 radical (unpaired) electrons. The lowest BCUT2D eigenvalue weighted by Crippen LogP contribution is -2.45. The summed E-state index contributed by atoms with van der Waals surface area (Å²) in [7, 11) is 1.40. The molecule has 0 unspecified atom stereocenters. The Hall–Kier alpha value is -2.40. The van der Waals surface area contributed by atoms with E-state index in [4.69, 9.17) is 9.47 Å². The molecule has 1 aliphatic rings. The van der Waals surface area contributed by atoms with Crippen LogP contribution in [0.5, 0.6) is 5.75 Å². The molecule has 0 aliphatic carbocycles. The maximum Gasteiger partial charge on any atom is 0.254 e. The van der Waals surface area contributed by atoms with Gasteiger partial charge in [0.15, 0.2) is 11.6 Å². The predicted octanol–water partition coefficient (Wildman–Crippen LogP) is 3.31. The van der Waals surface area contributed by atoms with Crippen LogP contribution in [0.15, 0.2) is 48.5 Å². The molecule has 1 heterocycles. The first kappa shape index (κ1) is 17.4. The van der Waals surface area contributed by atoms with Crippen molar-refractivity contribution >= 4 is 5.91 Å². The zero-order valence-electron chi connectivity index (χ0n) is 14.3. The lowest BCUT2D eigenvalue weighted by molar-refractivity contribution is -0.0246. The fourth-order valence-corrected chi connectivity index (χ4v) is 3.03. The summed E-state index contributed by atoms with van der Waals surface area (Å²) in [6.45, 7) is 1.55. The van der Waals surface area contributed by atoms with Crippen LogP contribution < -0.4 is 4.74 Å². The first-order chi connectivity index (χ1) is 12.2. The molecule has 2 aromatic rings. The Kier molecular flexibility index (Phi) is 5.66. The third kappa shape index (κ3) is 4.37. The summed E-state index contributed by atoms with van der Waals surface area (Å²) in [5.74, 6) is -0.559. The van der Waals surface area contributed by atoms with Gasteiger partial charge >= 0.3 is 0 Å². The molecule has 4 nitrogen and oxygen atoms in total. The second-order valence-electron chi connectivity index (χ2n) is 6.12. The van der Waals surface area contributed by atoms with Gasteiger partial charge in [0.1, 0.15) is 0 Å². The maximum absolute atomic E-state index is 13.8. The lowest BCUT2D eigenvalue weighted by Gasteiger charge is -2.33. The molecule has 25 heavy (non-hydrogen) atoms. The summed E-state index contributed by atoms with van der Waals surface area (Å²) in [6.07, 6.45) is 1.76. The smallest absolute Gasteiger partial charge is 0.254 e. The fourth-order valence-electron chi connectivity index (χ4n) is 3.03. The van der Waals surface area contributed by atoms with Crippen molar-refractivity contribution < 1.29 is 18.7 Å². The topological polar surface area (TPSA) is 38.8 Å². The minimum absolute atomic E-state index is 0.000927. The average Bonchev–Trinajstić information content (AvgIpc) is 2.67. The molecule has 0 saturated carbocycles. The number of morpholine rings is 1. The van der Waals surface area contributed by atoms with Crippen molar-refractivity contribution in [1.29, 1.82) is 0 Å². The minimum atomic E-state index is -0.526. The first-order valence-electron chi connectivity index (χ1n) is 8.45. The number of methoxy groups -OCH3 is 1. The van der Waals surface area contributed by atoms with Gasteiger partial charge in [0, 0.05) is 18.7 Å². The molecule has 0 bridgehead atoms. The molecule has 0 aromatic heterocycles. The molecule has 3 rings (SSSR count). The second kappa shape index (κ2) is 8.12. The third-order valence-corrected chi connectivity index (χ3v) is 4.42. The number of hydrogen-bond acceptors (Lipinski definition) is 3. The number of amides is 1. The van der Waals surface area contributed by atoms with E-state index in [1.54, 1.807) is 11.0 Å². The SMILES string of the molecule is COc1ccc(C(=O)N2CCO[C@H](CCc3ccccc3)C2)cc1F. The zero-order valence-corrected chi connectivity index (χ0v) is 14.3. The Labute approximate surface area is 147 Å². The van der Waals surface area contributed by atoms with Gasteiger partial charge in [0.2, 0.25) is 0 Å². The Morgan fingerprint density at radius 2 is 2.08 bits per heavy atom. The molecule has 1 fully saturated rings.